The number of carbonyl (C=O) groups is 1. The van der Waals surface area contributed by atoms with Crippen molar-refractivity contribution in [3.05, 3.63) is 21.9 Å². The molecular formula is C20H32N4OS. The molecule has 144 valence electrons. The molecule has 26 heavy (non-hydrogen) atoms. The minimum Gasteiger partial charge on any atom is -0.338 e. The van der Waals surface area contributed by atoms with E-state index in [-0.39, 0.29) is 5.91 Å². The van der Waals surface area contributed by atoms with E-state index in [9.17, 15) is 4.79 Å². The van der Waals surface area contributed by atoms with E-state index in [1.54, 1.807) is 11.3 Å². The van der Waals surface area contributed by atoms with Gasteiger partial charge in [-0.1, -0.05) is 6.92 Å². The van der Waals surface area contributed by atoms with Crippen molar-refractivity contribution in [3.8, 4) is 0 Å². The summed E-state index contributed by atoms with van der Waals surface area (Å²) in [5.74, 6) is 0.244. The molecule has 0 bridgehead atoms. The standard InChI is InChI=1S/C20H32N4OS/c1-2-22-12-14-23(15-13-22)16-7-10-24(11-8-16)20(25)19-6-5-18(26-19)17-4-3-9-21-17/h5-6,16-17,21H,2-4,7-15H2,1H3/t17-/m0/s1. The number of piperazine rings is 1. The summed E-state index contributed by atoms with van der Waals surface area (Å²) in [5.41, 5.74) is 0. The molecular weight excluding hydrogens is 344 g/mol. The van der Waals surface area contributed by atoms with Gasteiger partial charge in [-0.05, 0) is 50.9 Å². The van der Waals surface area contributed by atoms with Crippen LogP contribution in [-0.2, 0) is 0 Å². The lowest BCUT2D eigenvalue weighted by atomic mass is 10.0. The molecule has 1 atom stereocenters. The quantitative estimate of drug-likeness (QED) is 0.876. The Morgan fingerprint density at radius 3 is 2.54 bits per heavy atom. The molecule has 0 radical (unpaired) electrons. The third kappa shape index (κ3) is 3.98. The maximum atomic E-state index is 12.9. The summed E-state index contributed by atoms with van der Waals surface area (Å²) < 4.78 is 0. The maximum absolute atomic E-state index is 12.9. The molecule has 0 aliphatic carbocycles. The van der Waals surface area contributed by atoms with Gasteiger partial charge in [-0.25, -0.2) is 0 Å². The minimum atomic E-state index is 0.244. The number of carbonyl (C=O) groups excluding carboxylic acids is 1. The molecule has 0 saturated carbocycles. The molecule has 6 heteroatoms. The minimum absolute atomic E-state index is 0.244. The highest BCUT2D eigenvalue weighted by Crippen LogP contribution is 2.30. The van der Waals surface area contributed by atoms with E-state index in [0.717, 1.165) is 37.4 Å². The van der Waals surface area contributed by atoms with Gasteiger partial charge in [-0.2, -0.15) is 0 Å². The first-order valence-electron chi connectivity index (χ1n) is 10.3. The van der Waals surface area contributed by atoms with Crippen LogP contribution in [0.2, 0.25) is 0 Å². The normalized spacial score (nSPS) is 26.5. The van der Waals surface area contributed by atoms with Crippen LogP contribution in [-0.4, -0.2) is 79.0 Å². The molecule has 1 aromatic rings. The number of likely N-dealkylation sites (tertiary alicyclic amines) is 1. The topological polar surface area (TPSA) is 38.8 Å². The summed E-state index contributed by atoms with van der Waals surface area (Å²) in [6.07, 6.45) is 4.69. The number of hydrogen-bond donors (Lipinski definition) is 1. The van der Waals surface area contributed by atoms with E-state index >= 15 is 0 Å². The Hall–Kier alpha value is -0.950. The van der Waals surface area contributed by atoms with Crippen LogP contribution in [0.3, 0.4) is 0 Å². The van der Waals surface area contributed by atoms with Gasteiger partial charge in [0.25, 0.3) is 5.91 Å². The van der Waals surface area contributed by atoms with Crippen LogP contribution in [0, 0.1) is 0 Å². The Bertz CT molecular complexity index is 597. The van der Waals surface area contributed by atoms with Crippen molar-refractivity contribution in [2.45, 2.75) is 44.7 Å². The molecule has 5 nitrogen and oxygen atoms in total. The summed E-state index contributed by atoms with van der Waals surface area (Å²) in [6.45, 7) is 11.1. The van der Waals surface area contributed by atoms with Crippen LogP contribution in [0.4, 0.5) is 0 Å². The molecule has 4 heterocycles. The van der Waals surface area contributed by atoms with Gasteiger partial charge in [0.2, 0.25) is 0 Å². The van der Waals surface area contributed by atoms with Crippen molar-refractivity contribution < 1.29 is 4.79 Å². The zero-order valence-corrected chi connectivity index (χ0v) is 16.8. The number of nitrogens with one attached hydrogen (secondary N) is 1. The fourth-order valence-electron chi connectivity index (χ4n) is 4.62. The number of piperidine rings is 1. The zero-order chi connectivity index (χ0) is 17.9. The van der Waals surface area contributed by atoms with Crippen LogP contribution in [0.15, 0.2) is 12.1 Å². The molecule has 3 aliphatic heterocycles. The highest BCUT2D eigenvalue weighted by molar-refractivity contribution is 7.14. The molecule has 1 N–H and O–H groups in total. The second kappa shape index (κ2) is 8.38. The predicted molar refractivity (Wildman–Crippen MR) is 107 cm³/mol. The molecule has 3 fully saturated rings. The van der Waals surface area contributed by atoms with E-state index in [2.05, 4.69) is 33.0 Å². The van der Waals surface area contributed by atoms with Gasteiger partial charge in [-0.15, -0.1) is 11.3 Å². The predicted octanol–water partition coefficient (Wildman–Crippen LogP) is 2.41. The van der Waals surface area contributed by atoms with Gasteiger partial charge < -0.3 is 15.1 Å². The van der Waals surface area contributed by atoms with E-state index in [1.165, 1.54) is 50.4 Å². The van der Waals surface area contributed by atoms with Gasteiger partial charge in [0.05, 0.1) is 4.88 Å². The monoisotopic (exact) mass is 376 g/mol. The first-order chi connectivity index (χ1) is 12.7. The molecule has 1 aromatic heterocycles. The lowest BCUT2D eigenvalue weighted by molar-refractivity contribution is 0.0493. The van der Waals surface area contributed by atoms with Gasteiger partial charge in [-0.3, -0.25) is 9.69 Å². The van der Waals surface area contributed by atoms with Crippen LogP contribution in [0.1, 0.15) is 53.2 Å². The van der Waals surface area contributed by atoms with Crippen LogP contribution < -0.4 is 5.32 Å². The van der Waals surface area contributed by atoms with Gasteiger partial charge in [0.15, 0.2) is 0 Å². The Labute approximate surface area is 161 Å². The molecule has 0 unspecified atom stereocenters. The molecule has 1 amide bonds. The van der Waals surface area contributed by atoms with Crippen LogP contribution in [0.25, 0.3) is 0 Å². The second-order valence-electron chi connectivity index (χ2n) is 7.84. The molecule has 3 aliphatic rings. The van der Waals surface area contributed by atoms with Crippen LogP contribution in [0.5, 0.6) is 0 Å². The van der Waals surface area contributed by atoms with Crippen molar-refractivity contribution in [2.75, 3.05) is 52.4 Å². The van der Waals surface area contributed by atoms with E-state index in [1.807, 2.05) is 6.07 Å². The van der Waals surface area contributed by atoms with E-state index in [0.29, 0.717) is 12.1 Å². The fourth-order valence-corrected chi connectivity index (χ4v) is 5.70. The van der Waals surface area contributed by atoms with Crippen molar-refractivity contribution >= 4 is 17.2 Å². The third-order valence-corrected chi connectivity index (χ3v) is 7.55. The van der Waals surface area contributed by atoms with Gasteiger partial charge >= 0.3 is 0 Å². The van der Waals surface area contributed by atoms with Gasteiger partial charge in [0, 0.05) is 56.2 Å². The van der Waals surface area contributed by atoms with E-state index < -0.39 is 0 Å². The summed E-state index contributed by atoms with van der Waals surface area (Å²) in [4.78, 5) is 22.4. The Balaban J connectivity index is 1.28. The summed E-state index contributed by atoms with van der Waals surface area (Å²) in [5, 5.41) is 3.53. The first kappa shape index (κ1) is 18.4. The summed E-state index contributed by atoms with van der Waals surface area (Å²) in [7, 11) is 0. The van der Waals surface area contributed by atoms with Crippen molar-refractivity contribution in [1.82, 2.24) is 20.0 Å². The summed E-state index contributed by atoms with van der Waals surface area (Å²) >= 11 is 1.69. The smallest absolute Gasteiger partial charge is 0.263 e. The number of rotatable bonds is 4. The largest absolute Gasteiger partial charge is 0.338 e. The van der Waals surface area contributed by atoms with E-state index in [4.69, 9.17) is 0 Å². The Kier molecular flexibility index (Phi) is 5.93. The number of thiophene rings is 1. The SMILES string of the molecule is CCN1CCN(C2CCN(C(=O)c3ccc([C@@H]4CCCN4)s3)CC2)CC1. The average molecular weight is 377 g/mol. The Morgan fingerprint density at radius 2 is 1.88 bits per heavy atom. The number of nitrogens with zero attached hydrogens (tertiary/aromatic N) is 3. The first-order valence-corrected chi connectivity index (χ1v) is 11.1. The second-order valence-corrected chi connectivity index (χ2v) is 8.96. The molecule has 4 rings (SSSR count). The zero-order valence-electron chi connectivity index (χ0n) is 16.0. The summed E-state index contributed by atoms with van der Waals surface area (Å²) in [6, 6.07) is 5.33. The van der Waals surface area contributed by atoms with Crippen molar-refractivity contribution in [3.63, 3.8) is 0 Å². The third-order valence-electron chi connectivity index (χ3n) is 6.36. The van der Waals surface area contributed by atoms with Crippen molar-refractivity contribution in [2.24, 2.45) is 0 Å². The Morgan fingerprint density at radius 1 is 1.12 bits per heavy atom. The highest BCUT2D eigenvalue weighted by Gasteiger charge is 2.30. The lowest BCUT2D eigenvalue weighted by Gasteiger charge is -2.42. The fraction of sp³-hybridized carbons (Fsp3) is 0.750. The van der Waals surface area contributed by atoms with Gasteiger partial charge in [0.1, 0.15) is 0 Å². The number of amides is 1. The average Bonchev–Trinajstić information content (AvgIpc) is 3.39. The molecule has 0 spiro atoms. The van der Waals surface area contributed by atoms with Crippen molar-refractivity contribution in [1.29, 1.82) is 0 Å². The number of hydrogen-bond acceptors (Lipinski definition) is 5. The lowest BCUT2D eigenvalue weighted by Crippen LogP contribution is -2.53. The molecule has 0 aromatic carbocycles. The molecule has 3 saturated heterocycles. The highest BCUT2D eigenvalue weighted by atomic mass is 32.1. The van der Waals surface area contributed by atoms with Crippen LogP contribution >= 0.6 is 11.3 Å². The number of likely N-dealkylation sites (N-methyl/N-ethyl adjacent to an activating group) is 1. The maximum Gasteiger partial charge on any atom is 0.263 e.